The highest BCUT2D eigenvalue weighted by Gasteiger charge is 2.45. The van der Waals surface area contributed by atoms with Crippen LogP contribution in [0.15, 0.2) is 24.3 Å². The number of primary amides is 1. The molecule has 0 radical (unpaired) electrons. The summed E-state index contributed by atoms with van der Waals surface area (Å²) in [5.41, 5.74) is 7.97. The van der Waals surface area contributed by atoms with E-state index in [1.54, 1.807) is 0 Å². The molecule has 0 aromatic heterocycles. The predicted molar refractivity (Wildman–Crippen MR) is 52.6 cm³/mol. The molecule has 3 heteroatoms. The van der Waals surface area contributed by atoms with Gasteiger partial charge in [-0.3, -0.25) is 0 Å². The Morgan fingerprint density at radius 2 is 1.71 bits per heavy atom. The second kappa shape index (κ2) is 2.50. The normalized spacial score (nSPS) is 27.9. The number of carbonyl (C=O) groups excluding carboxylic acids is 1. The summed E-state index contributed by atoms with van der Waals surface area (Å²) in [7, 11) is 0. The van der Waals surface area contributed by atoms with E-state index in [2.05, 4.69) is 12.1 Å². The number of fused-ring (bicyclic) bond motifs is 5. The monoisotopic (exact) mass is 188 g/mol. The Morgan fingerprint density at radius 1 is 1.21 bits per heavy atom. The minimum Gasteiger partial charge on any atom is -0.351 e. The Hall–Kier alpha value is -1.51. The summed E-state index contributed by atoms with van der Waals surface area (Å²) in [4.78, 5) is 13.1. The van der Waals surface area contributed by atoms with Crippen LogP contribution < -0.4 is 5.73 Å². The maximum absolute atomic E-state index is 11.3. The van der Waals surface area contributed by atoms with Gasteiger partial charge in [0.25, 0.3) is 0 Å². The third-order valence-corrected chi connectivity index (χ3v) is 3.35. The first-order valence-corrected chi connectivity index (χ1v) is 4.95. The average Bonchev–Trinajstić information content (AvgIpc) is 2.73. The third-order valence-electron chi connectivity index (χ3n) is 3.35. The van der Waals surface area contributed by atoms with Crippen molar-refractivity contribution in [3.63, 3.8) is 0 Å². The van der Waals surface area contributed by atoms with Gasteiger partial charge in [0.15, 0.2) is 0 Å². The summed E-state index contributed by atoms with van der Waals surface area (Å²) in [6.07, 6.45) is 2.12. The molecule has 2 unspecified atom stereocenters. The molecule has 2 bridgehead atoms. The number of amides is 2. The van der Waals surface area contributed by atoms with Crippen molar-refractivity contribution in [3.8, 4) is 0 Å². The van der Waals surface area contributed by atoms with Gasteiger partial charge in [-0.2, -0.15) is 0 Å². The molecule has 3 nitrogen and oxygen atoms in total. The van der Waals surface area contributed by atoms with E-state index in [4.69, 9.17) is 5.73 Å². The summed E-state index contributed by atoms with van der Waals surface area (Å²) < 4.78 is 0. The molecule has 1 saturated heterocycles. The number of nitrogens with zero attached hydrogens (tertiary/aromatic N) is 1. The van der Waals surface area contributed by atoms with Crippen molar-refractivity contribution in [1.82, 2.24) is 4.90 Å². The van der Waals surface area contributed by atoms with Gasteiger partial charge in [0.05, 0.1) is 12.1 Å². The van der Waals surface area contributed by atoms with Gasteiger partial charge in [-0.25, -0.2) is 4.79 Å². The number of benzene rings is 1. The SMILES string of the molecule is NC(=O)N1C2CCC1c1ccccc12. The number of hydrogen-bond acceptors (Lipinski definition) is 1. The van der Waals surface area contributed by atoms with Crippen LogP contribution >= 0.6 is 0 Å². The molecule has 3 rings (SSSR count). The van der Waals surface area contributed by atoms with Gasteiger partial charge in [0.1, 0.15) is 0 Å². The van der Waals surface area contributed by atoms with E-state index < -0.39 is 0 Å². The van der Waals surface area contributed by atoms with Crippen molar-refractivity contribution in [2.24, 2.45) is 5.73 Å². The zero-order valence-corrected chi connectivity index (χ0v) is 7.81. The molecule has 2 aliphatic rings. The molecule has 2 atom stereocenters. The van der Waals surface area contributed by atoms with Crippen LogP contribution in [0.2, 0.25) is 0 Å². The molecule has 2 amide bonds. The lowest BCUT2D eigenvalue weighted by Gasteiger charge is -2.19. The largest absolute Gasteiger partial charge is 0.351 e. The van der Waals surface area contributed by atoms with Crippen molar-refractivity contribution in [2.75, 3.05) is 0 Å². The first kappa shape index (κ1) is 7.85. The number of hydrogen-bond donors (Lipinski definition) is 1. The van der Waals surface area contributed by atoms with Crippen molar-refractivity contribution >= 4 is 6.03 Å². The van der Waals surface area contributed by atoms with Crippen LogP contribution in [0.5, 0.6) is 0 Å². The molecule has 1 fully saturated rings. The molecular formula is C11H12N2O. The summed E-state index contributed by atoms with van der Waals surface area (Å²) in [6.45, 7) is 0. The first-order chi connectivity index (χ1) is 6.79. The Kier molecular flexibility index (Phi) is 1.40. The molecule has 14 heavy (non-hydrogen) atoms. The summed E-state index contributed by atoms with van der Waals surface area (Å²) in [6, 6.07) is 8.47. The molecule has 2 N–H and O–H groups in total. The van der Waals surface area contributed by atoms with Crippen molar-refractivity contribution in [1.29, 1.82) is 0 Å². The van der Waals surface area contributed by atoms with Crippen LogP contribution in [0, 0.1) is 0 Å². The molecule has 0 spiro atoms. The predicted octanol–water partition coefficient (Wildman–Crippen LogP) is 1.96. The van der Waals surface area contributed by atoms with E-state index in [0.717, 1.165) is 12.8 Å². The van der Waals surface area contributed by atoms with Gasteiger partial charge in [-0.1, -0.05) is 24.3 Å². The van der Waals surface area contributed by atoms with E-state index >= 15 is 0 Å². The number of nitrogens with two attached hydrogens (primary N) is 1. The van der Waals surface area contributed by atoms with Crippen LogP contribution in [-0.4, -0.2) is 10.9 Å². The molecule has 0 aliphatic carbocycles. The third kappa shape index (κ3) is 0.794. The van der Waals surface area contributed by atoms with E-state index in [-0.39, 0.29) is 18.1 Å². The van der Waals surface area contributed by atoms with Gasteiger partial charge in [-0.15, -0.1) is 0 Å². The first-order valence-electron chi connectivity index (χ1n) is 4.95. The highest BCUT2D eigenvalue weighted by atomic mass is 16.2. The molecule has 1 aromatic rings. The highest BCUT2D eigenvalue weighted by Crippen LogP contribution is 2.52. The maximum Gasteiger partial charge on any atom is 0.315 e. The highest BCUT2D eigenvalue weighted by molar-refractivity contribution is 5.75. The lowest BCUT2D eigenvalue weighted by Crippen LogP contribution is -2.32. The van der Waals surface area contributed by atoms with E-state index in [1.807, 2.05) is 17.0 Å². The lowest BCUT2D eigenvalue weighted by atomic mass is 9.92. The van der Waals surface area contributed by atoms with Gasteiger partial charge >= 0.3 is 6.03 Å². The Labute approximate surface area is 82.5 Å². The van der Waals surface area contributed by atoms with Crippen LogP contribution in [0.3, 0.4) is 0 Å². The van der Waals surface area contributed by atoms with E-state index in [0.29, 0.717) is 0 Å². The Balaban J connectivity index is 2.13. The van der Waals surface area contributed by atoms with Crippen LogP contribution in [0.25, 0.3) is 0 Å². The zero-order valence-electron chi connectivity index (χ0n) is 7.81. The molecule has 0 saturated carbocycles. The Bertz CT molecular complexity index is 371. The van der Waals surface area contributed by atoms with E-state index in [9.17, 15) is 4.79 Å². The van der Waals surface area contributed by atoms with Crippen LogP contribution in [0.4, 0.5) is 4.79 Å². The minimum atomic E-state index is -0.284. The smallest absolute Gasteiger partial charge is 0.315 e. The fourth-order valence-electron chi connectivity index (χ4n) is 2.85. The van der Waals surface area contributed by atoms with Crippen LogP contribution in [-0.2, 0) is 0 Å². The minimum absolute atomic E-state index is 0.244. The molecular weight excluding hydrogens is 176 g/mol. The van der Waals surface area contributed by atoms with Gasteiger partial charge in [0.2, 0.25) is 0 Å². The molecule has 2 heterocycles. The lowest BCUT2D eigenvalue weighted by molar-refractivity contribution is 0.192. The quantitative estimate of drug-likeness (QED) is 0.664. The molecule has 72 valence electrons. The number of rotatable bonds is 0. The standard InChI is InChI=1S/C11H12N2O/c12-11(14)13-9-5-6-10(13)8-4-2-1-3-7(8)9/h1-4,9-10H,5-6H2,(H2,12,14). The fraction of sp³-hybridized carbons (Fsp3) is 0.364. The Morgan fingerprint density at radius 3 is 2.14 bits per heavy atom. The number of urea groups is 1. The van der Waals surface area contributed by atoms with E-state index in [1.165, 1.54) is 11.1 Å². The molecule has 2 aliphatic heterocycles. The second-order valence-electron chi connectivity index (χ2n) is 3.98. The maximum atomic E-state index is 11.3. The number of carbonyl (C=O) groups is 1. The second-order valence-corrected chi connectivity index (χ2v) is 3.98. The van der Waals surface area contributed by atoms with Gasteiger partial charge < -0.3 is 10.6 Å². The zero-order chi connectivity index (χ0) is 9.71. The summed E-state index contributed by atoms with van der Waals surface area (Å²) in [5.74, 6) is 0. The van der Waals surface area contributed by atoms with Crippen molar-refractivity contribution in [3.05, 3.63) is 35.4 Å². The fourth-order valence-corrected chi connectivity index (χ4v) is 2.85. The average molecular weight is 188 g/mol. The summed E-state index contributed by atoms with van der Waals surface area (Å²) in [5, 5.41) is 0. The van der Waals surface area contributed by atoms with Gasteiger partial charge in [0, 0.05) is 0 Å². The van der Waals surface area contributed by atoms with Gasteiger partial charge in [-0.05, 0) is 24.0 Å². The van der Waals surface area contributed by atoms with Crippen LogP contribution in [0.1, 0.15) is 36.1 Å². The summed E-state index contributed by atoms with van der Waals surface area (Å²) >= 11 is 0. The molecule has 1 aromatic carbocycles. The van der Waals surface area contributed by atoms with Crippen molar-refractivity contribution in [2.45, 2.75) is 24.9 Å². The topological polar surface area (TPSA) is 46.3 Å². The van der Waals surface area contributed by atoms with Crippen molar-refractivity contribution < 1.29 is 4.79 Å².